The Labute approximate surface area is 229 Å². The first-order valence-electron chi connectivity index (χ1n) is 12.9. The van der Waals surface area contributed by atoms with Gasteiger partial charge in [0, 0.05) is 16.7 Å². The molecule has 1 saturated carbocycles. The zero-order chi connectivity index (χ0) is 30.1. The molecule has 0 radical (unpaired) electrons. The van der Waals surface area contributed by atoms with E-state index in [1.54, 1.807) is 0 Å². The zero-order valence-corrected chi connectivity index (χ0v) is 24.2. The van der Waals surface area contributed by atoms with E-state index in [4.69, 9.17) is 15.3 Å². The molecule has 0 heterocycles. The van der Waals surface area contributed by atoms with Gasteiger partial charge in [-0.15, -0.1) is 0 Å². The predicted octanol–water partition coefficient (Wildman–Crippen LogP) is 8.16. The molecule has 1 aliphatic carbocycles. The van der Waals surface area contributed by atoms with Crippen molar-refractivity contribution in [2.24, 2.45) is 11.8 Å². The van der Waals surface area contributed by atoms with Crippen molar-refractivity contribution < 1.29 is 29.7 Å². The minimum Gasteiger partial charge on any atom is -0.478 e. The summed E-state index contributed by atoms with van der Waals surface area (Å²) in [7, 11) is 0. The van der Waals surface area contributed by atoms with E-state index in [-0.39, 0.29) is 16.7 Å². The molecule has 1 aromatic rings. The lowest BCUT2D eigenvalue weighted by atomic mass is 9.62. The first-order valence-corrected chi connectivity index (χ1v) is 12.9. The minimum absolute atomic E-state index is 0.176. The van der Waals surface area contributed by atoms with E-state index in [0.29, 0.717) is 5.41 Å². The highest BCUT2D eigenvalue weighted by Gasteiger charge is 2.37. The van der Waals surface area contributed by atoms with Crippen LogP contribution in [0.1, 0.15) is 91.2 Å². The third kappa shape index (κ3) is 15.0. The predicted molar refractivity (Wildman–Crippen MR) is 157 cm³/mol. The first kappa shape index (κ1) is 36.7. The molecule has 1 fully saturated rings. The number of aliphatic carboxylic acids is 3. The van der Waals surface area contributed by atoms with E-state index in [2.05, 4.69) is 71.4 Å². The van der Waals surface area contributed by atoms with E-state index < -0.39 is 17.9 Å². The Balaban J connectivity index is 0. The van der Waals surface area contributed by atoms with Gasteiger partial charge in [-0.05, 0) is 68.4 Å². The van der Waals surface area contributed by atoms with Crippen molar-refractivity contribution >= 4 is 24.0 Å². The van der Waals surface area contributed by atoms with Crippen molar-refractivity contribution in [1.82, 2.24) is 0 Å². The lowest BCUT2D eigenvalue weighted by Crippen LogP contribution is -2.35. The molecular weight excluding hydrogens is 480 g/mol. The third-order valence-corrected chi connectivity index (χ3v) is 6.23. The summed E-state index contributed by atoms with van der Waals surface area (Å²) in [6.45, 7) is 25.1. The van der Waals surface area contributed by atoms with Gasteiger partial charge in [0.15, 0.2) is 0 Å². The van der Waals surface area contributed by atoms with Crippen LogP contribution in [0.3, 0.4) is 0 Å². The normalized spacial score (nSPS) is 14.0. The Morgan fingerprint density at radius 3 is 1.55 bits per heavy atom. The number of carboxylic acids is 3. The molecule has 0 amide bonds. The molecule has 1 unspecified atom stereocenters. The van der Waals surface area contributed by atoms with Gasteiger partial charge < -0.3 is 15.3 Å². The fourth-order valence-electron chi connectivity index (χ4n) is 4.28. The quantitative estimate of drug-likeness (QED) is 0.293. The summed E-state index contributed by atoms with van der Waals surface area (Å²) in [6, 6.07) is 8.90. The van der Waals surface area contributed by atoms with Crippen molar-refractivity contribution in [2.75, 3.05) is 0 Å². The Morgan fingerprint density at radius 1 is 0.868 bits per heavy atom. The second kappa shape index (κ2) is 18.8. The number of hydrogen-bond acceptors (Lipinski definition) is 3. The number of carboxylic acid groups (broad SMARTS) is 3. The van der Waals surface area contributed by atoms with Gasteiger partial charge in [0.2, 0.25) is 0 Å². The standard InChI is InChI=1S/C20H30.3C4H6O2/c1-5-17-11-9-10-14-19(17)20(4,15-16(2)3)18-12-7-6-8-13-18;3*1-3(2)4(5)6/h5,9-11,14,16,18H,1,6-8,12-13,15H2,2-4H3;3*1H2,2H3,(H,5,6). The molecule has 3 N–H and O–H groups in total. The van der Waals surface area contributed by atoms with Crippen molar-refractivity contribution in [2.45, 2.75) is 85.5 Å². The first-order chi connectivity index (χ1) is 17.5. The number of benzene rings is 1. The lowest BCUT2D eigenvalue weighted by Gasteiger charge is -2.42. The molecule has 0 spiro atoms. The topological polar surface area (TPSA) is 112 Å². The summed E-state index contributed by atoms with van der Waals surface area (Å²) in [4.78, 5) is 28.8. The average molecular weight is 529 g/mol. The fraction of sp³-hybridized carbons (Fsp3) is 0.469. The van der Waals surface area contributed by atoms with Crippen LogP contribution < -0.4 is 0 Å². The van der Waals surface area contributed by atoms with Gasteiger partial charge >= 0.3 is 17.9 Å². The molecule has 0 saturated heterocycles. The van der Waals surface area contributed by atoms with Crippen LogP contribution in [-0.2, 0) is 19.8 Å². The second-order valence-electron chi connectivity index (χ2n) is 10.4. The Morgan fingerprint density at radius 2 is 1.24 bits per heavy atom. The molecule has 0 aromatic heterocycles. The molecular formula is C32H48O6. The van der Waals surface area contributed by atoms with Gasteiger partial charge in [0.1, 0.15) is 0 Å². The Bertz CT molecular complexity index is 873. The highest BCUT2D eigenvalue weighted by Crippen LogP contribution is 2.46. The molecule has 212 valence electrons. The van der Waals surface area contributed by atoms with E-state index in [1.807, 2.05) is 6.08 Å². The van der Waals surface area contributed by atoms with Crippen LogP contribution in [0.2, 0.25) is 0 Å². The molecule has 1 aromatic carbocycles. The monoisotopic (exact) mass is 528 g/mol. The summed E-state index contributed by atoms with van der Waals surface area (Å²) < 4.78 is 0. The average Bonchev–Trinajstić information content (AvgIpc) is 2.85. The maximum absolute atomic E-state index is 9.60. The fourth-order valence-corrected chi connectivity index (χ4v) is 4.28. The molecule has 2 rings (SSSR count). The molecule has 0 bridgehead atoms. The van der Waals surface area contributed by atoms with E-state index in [0.717, 1.165) is 11.8 Å². The summed E-state index contributed by atoms with van der Waals surface area (Å²) in [5.41, 5.74) is 3.69. The zero-order valence-electron chi connectivity index (χ0n) is 24.2. The highest BCUT2D eigenvalue weighted by atomic mass is 16.4. The minimum atomic E-state index is -0.935. The molecule has 38 heavy (non-hydrogen) atoms. The summed E-state index contributed by atoms with van der Waals surface area (Å²) in [5.74, 6) is -1.24. The van der Waals surface area contributed by atoms with Crippen molar-refractivity contribution in [1.29, 1.82) is 0 Å². The largest absolute Gasteiger partial charge is 0.478 e. The third-order valence-electron chi connectivity index (χ3n) is 6.23. The molecule has 6 heteroatoms. The Kier molecular flexibility index (Phi) is 18.2. The van der Waals surface area contributed by atoms with Crippen molar-refractivity contribution in [3.63, 3.8) is 0 Å². The van der Waals surface area contributed by atoms with Gasteiger partial charge in [-0.25, -0.2) is 14.4 Å². The van der Waals surface area contributed by atoms with Crippen LogP contribution in [0.25, 0.3) is 6.08 Å². The molecule has 1 aliphatic rings. The number of rotatable bonds is 8. The molecule has 0 aliphatic heterocycles. The maximum Gasteiger partial charge on any atom is 0.330 e. The van der Waals surface area contributed by atoms with Gasteiger partial charge in [0.25, 0.3) is 0 Å². The van der Waals surface area contributed by atoms with Crippen molar-refractivity contribution in [3.8, 4) is 0 Å². The van der Waals surface area contributed by atoms with Crippen LogP contribution in [0, 0.1) is 11.8 Å². The number of hydrogen-bond donors (Lipinski definition) is 3. The number of carbonyl (C=O) groups is 3. The van der Waals surface area contributed by atoms with Crippen LogP contribution in [0.4, 0.5) is 0 Å². The van der Waals surface area contributed by atoms with E-state index in [9.17, 15) is 14.4 Å². The van der Waals surface area contributed by atoms with Gasteiger partial charge in [-0.3, -0.25) is 0 Å². The molecule has 6 nitrogen and oxygen atoms in total. The Hall–Kier alpha value is -3.41. The van der Waals surface area contributed by atoms with E-state index in [1.165, 1.54) is 70.4 Å². The summed E-state index contributed by atoms with van der Waals surface area (Å²) >= 11 is 0. The van der Waals surface area contributed by atoms with Crippen LogP contribution in [-0.4, -0.2) is 33.2 Å². The lowest BCUT2D eigenvalue weighted by molar-refractivity contribution is -0.133. The van der Waals surface area contributed by atoms with Gasteiger partial charge in [0.05, 0.1) is 0 Å². The van der Waals surface area contributed by atoms with Gasteiger partial charge in [-0.1, -0.05) is 96.7 Å². The van der Waals surface area contributed by atoms with E-state index >= 15 is 0 Å². The SMILES string of the molecule is C=C(C)C(=O)O.C=C(C)C(=O)O.C=C(C)C(=O)O.C=Cc1ccccc1C(C)(CC(C)C)C1CCCCC1. The highest BCUT2D eigenvalue weighted by molar-refractivity contribution is 5.85. The maximum atomic E-state index is 9.60. The smallest absolute Gasteiger partial charge is 0.330 e. The second-order valence-corrected chi connectivity index (χ2v) is 10.4. The molecule has 1 atom stereocenters. The van der Waals surface area contributed by atoms with Crippen LogP contribution in [0.15, 0.2) is 67.3 Å². The van der Waals surface area contributed by atoms with Crippen molar-refractivity contribution in [3.05, 3.63) is 78.4 Å². The van der Waals surface area contributed by atoms with Gasteiger partial charge in [-0.2, -0.15) is 0 Å². The van der Waals surface area contributed by atoms with Crippen LogP contribution >= 0.6 is 0 Å². The summed E-state index contributed by atoms with van der Waals surface area (Å²) in [5, 5.41) is 23.7. The van der Waals surface area contributed by atoms with Crippen LogP contribution in [0.5, 0.6) is 0 Å². The summed E-state index contributed by atoms with van der Waals surface area (Å²) in [6.07, 6.45) is 10.4.